The molecule has 1 aliphatic carbocycles. The molecule has 0 bridgehead atoms. The summed E-state index contributed by atoms with van der Waals surface area (Å²) in [4.78, 5) is 11.5. The highest BCUT2D eigenvalue weighted by molar-refractivity contribution is 5.78. The molecule has 2 aromatic heterocycles. The maximum atomic E-state index is 11.5. The van der Waals surface area contributed by atoms with Crippen molar-refractivity contribution in [2.45, 2.75) is 31.9 Å². The molecule has 2 aliphatic rings. The zero-order valence-electron chi connectivity index (χ0n) is 15.7. The molecule has 138 valence electrons. The van der Waals surface area contributed by atoms with Crippen LogP contribution in [0, 0.1) is 18.8 Å². The summed E-state index contributed by atoms with van der Waals surface area (Å²) in [7, 11) is 0. The predicted octanol–water partition coefficient (Wildman–Crippen LogP) is 3.67. The van der Waals surface area contributed by atoms with Crippen LogP contribution in [0.4, 0.5) is 0 Å². The van der Waals surface area contributed by atoms with Crippen molar-refractivity contribution in [2.75, 3.05) is 13.1 Å². The van der Waals surface area contributed by atoms with E-state index < -0.39 is 5.60 Å². The van der Waals surface area contributed by atoms with Gasteiger partial charge in [0.25, 0.3) is 0 Å². The summed E-state index contributed by atoms with van der Waals surface area (Å²) in [5.74, 6) is 0.829. The first-order valence-corrected chi connectivity index (χ1v) is 9.83. The Kier molecular flexibility index (Phi) is 3.99. The van der Waals surface area contributed by atoms with Gasteiger partial charge in [-0.15, -0.1) is 0 Å². The molecule has 0 amide bonds. The molecule has 27 heavy (non-hydrogen) atoms. The quantitative estimate of drug-likeness (QED) is 0.775. The van der Waals surface area contributed by atoms with Crippen LogP contribution in [0.1, 0.15) is 29.7 Å². The molecule has 1 N–H and O–H groups in total. The van der Waals surface area contributed by atoms with Crippen LogP contribution in [0.3, 0.4) is 0 Å². The smallest absolute Gasteiger partial charge is 0.111 e. The molecule has 4 heteroatoms. The van der Waals surface area contributed by atoms with Gasteiger partial charge in [-0.05, 0) is 61.1 Å². The topological polar surface area (TPSA) is 49.2 Å². The number of benzene rings is 1. The highest BCUT2D eigenvalue weighted by atomic mass is 16.3. The van der Waals surface area contributed by atoms with Crippen LogP contribution in [0.5, 0.6) is 0 Å². The minimum absolute atomic E-state index is 0.273. The van der Waals surface area contributed by atoms with Gasteiger partial charge in [0.05, 0.1) is 11.2 Å². The van der Waals surface area contributed by atoms with Gasteiger partial charge in [0, 0.05) is 43.3 Å². The van der Waals surface area contributed by atoms with E-state index in [9.17, 15) is 5.11 Å². The van der Waals surface area contributed by atoms with Crippen molar-refractivity contribution in [2.24, 2.45) is 11.8 Å². The van der Waals surface area contributed by atoms with Crippen molar-refractivity contribution in [3.8, 4) is 0 Å². The summed E-state index contributed by atoms with van der Waals surface area (Å²) in [6.45, 7) is 4.95. The number of rotatable bonds is 3. The molecule has 1 aliphatic heterocycles. The van der Waals surface area contributed by atoms with Gasteiger partial charge in [0.2, 0.25) is 0 Å². The molecular formula is C23H25N3O. The van der Waals surface area contributed by atoms with Crippen molar-refractivity contribution in [1.82, 2.24) is 14.9 Å². The largest absolute Gasteiger partial charge is 0.383 e. The Morgan fingerprint density at radius 3 is 2.93 bits per heavy atom. The second-order valence-electron chi connectivity index (χ2n) is 8.27. The number of aliphatic hydroxyl groups is 1. The summed E-state index contributed by atoms with van der Waals surface area (Å²) in [5.41, 5.74) is 3.56. The van der Waals surface area contributed by atoms with E-state index in [0.29, 0.717) is 5.92 Å². The Morgan fingerprint density at radius 1 is 1.15 bits per heavy atom. The summed E-state index contributed by atoms with van der Waals surface area (Å²) >= 11 is 0. The fraction of sp³-hybridized carbons (Fsp3) is 0.391. The van der Waals surface area contributed by atoms with E-state index in [1.54, 1.807) is 0 Å². The van der Waals surface area contributed by atoms with E-state index in [1.165, 1.54) is 10.9 Å². The Bertz CT molecular complexity index is 971. The molecule has 3 heterocycles. The van der Waals surface area contributed by atoms with E-state index in [1.807, 2.05) is 31.5 Å². The Hall–Kier alpha value is -2.30. The number of hydrogen-bond donors (Lipinski definition) is 1. The number of nitrogens with zero attached hydrogens (tertiary/aromatic N) is 3. The first-order chi connectivity index (χ1) is 13.1. The van der Waals surface area contributed by atoms with Crippen molar-refractivity contribution in [1.29, 1.82) is 0 Å². The average Bonchev–Trinajstić information content (AvgIpc) is 3.22. The zero-order valence-corrected chi connectivity index (χ0v) is 15.7. The molecule has 1 saturated carbocycles. The third kappa shape index (κ3) is 2.93. The molecule has 2 fully saturated rings. The molecule has 0 spiro atoms. The number of aryl methyl sites for hydroxylation is 1. The Balaban J connectivity index is 1.35. The molecule has 0 radical (unpaired) electrons. The van der Waals surface area contributed by atoms with E-state index in [-0.39, 0.29) is 5.92 Å². The SMILES string of the molecule is Cc1ccc([C@]2(O)CC[C@H]3CN(Cc4ccc5ncccc5c4)C[C@H]32)nc1. The number of likely N-dealkylation sites (tertiary alicyclic amines) is 1. The Morgan fingerprint density at radius 2 is 2.07 bits per heavy atom. The minimum Gasteiger partial charge on any atom is -0.383 e. The van der Waals surface area contributed by atoms with Crippen LogP contribution in [0.25, 0.3) is 10.9 Å². The molecule has 3 aromatic rings. The fourth-order valence-corrected chi connectivity index (χ4v) is 5.04. The highest BCUT2D eigenvalue weighted by Gasteiger charge is 2.52. The Labute approximate surface area is 159 Å². The molecule has 1 saturated heterocycles. The summed E-state index contributed by atoms with van der Waals surface area (Å²) in [5, 5.41) is 12.6. The van der Waals surface area contributed by atoms with Crippen molar-refractivity contribution >= 4 is 10.9 Å². The van der Waals surface area contributed by atoms with Crippen LogP contribution in [0.2, 0.25) is 0 Å². The number of pyridine rings is 2. The highest BCUT2D eigenvalue weighted by Crippen LogP contribution is 2.50. The van der Waals surface area contributed by atoms with Crippen LogP contribution < -0.4 is 0 Å². The van der Waals surface area contributed by atoms with Crippen LogP contribution in [-0.4, -0.2) is 33.1 Å². The maximum absolute atomic E-state index is 11.5. The first kappa shape index (κ1) is 16.8. The van der Waals surface area contributed by atoms with Crippen molar-refractivity contribution < 1.29 is 5.11 Å². The molecule has 0 unspecified atom stereocenters. The number of fused-ring (bicyclic) bond motifs is 2. The lowest BCUT2D eigenvalue weighted by molar-refractivity contribution is -0.0108. The molecular weight excluding hydrogens is 334 g/mol. The third-order valence-corrected chi connectivity index (χ3v) is 6.45. The summed E-state index contributed by atoms with van der Waals surface area (Å²) < 4.78 is 0. The van der Waals surface area contributed by atoms with Crippen LogP contribution >= 0.6 is 0 Å². The van der Waals surface area contributed by atoms with E-state index in [4.69, 9.17) is 0 Å². The molecule has 1 aromatic carbocycles. The van der Waals surface area contributed by atoms with Gasteiger partial charge in [-0.1, -0.05) is 18.2 Å². The van der Waals surface area contributed by atoms with E-state index in [2.05, 4.69) is 45.2 Å². The normalized spacial score (nSPS) is 27.9. The van der Waals surface area contributed by atoms with E-state index in [0.717, 1.165) is 49.2 Å². The van der Waals surface area contributed by atoms with Crippen LogP contribution in [0.15, 0.2) is 54.9 Å². The lowest BCUT2D eigenvalue weighted by atomic mass is 9.85. The average molecular weight is 359 g/mol. The van der Waals surface area contributed by atoms with Crippen molar-refractivity contribution in [3.63, 3.8) is 0 Å². The summed E-state index contributed by atoms with van der Waals surface area (Å²) in [6, 6.07) is 14.7. The number of hydrogen-bond acceptors (Lipinski definition) is 4. The fourth-order valence-electron chi connectivity index (χ4n) is 5.04. The maximum Gasteiger partial charge on any atom is 0.111 e. The molecule has 4 nitrogen and oxygen atoms in total. The minimum atomic E-state index is -0.777. The van der Waals surface area contributed by atoms with Gasteiger partial charge in [-0.2, -0.15) is 0 Å². The van der Waals surface area contributed by atoms with Gasteiger partial charge in [-0.3, -0.25) is 14.9 Å². The zero-order chi connectivity index (χ0) is 18.4. The lowest BCUT2D eigenvalue weighted by Gasteiger charge is -2.30. The van der Waals surface area contributed by atoms with Crippen molar-refractivity contribution in [3.05, 3.63) is 71.7 Å². The third-order valence-electron chi connectivity index (χ3n) is 6.45. The molecule has 5 rings (SSSR count). The standard InChI is InChI=1S/C23H25N3O/c1-16-4-7-22(25-12-16)23(27)9-8-19-14-26(15-20(19)23)13-17-5-6-21-18(11-17)3-2-10-24-21/h2-7,10-12,19-20,27H,8-9,13-15H2,1H3/t19-,20+,23-/m0/s1. The van der Waals surface area contributed by atoms with Gasteiger partial charge in [0.1, 0.15) is 5.60 Å². The predicted molar refractivity (Wildman–Crippen MR) is 106 cm³/mol. The second-order valence-corrected chi connectivity index (χ2v) is 8.27. The summed E-state index contributed by atoms with van der Waals surface area (Å²) in [6.07, 6.45) is 5.61. The van der Waals surface area contributed by atoms with Gasteiger partial charge in [-0.25, -0.2) is 0 Å². The van der Waals surface area contributed by atoms with Gasteiger partial charge < -0.3 is 5.11 Å². The van der Waals surface area contributed by atoms with Gasteiger partial charge >= 0.3 is 0 Å². The van der Waals surface area contributed by atoms with E-state index >= 15 is 0 Å². The number of aromatic nitrogens is 2. The first-order valence-electron chi connectivity index (χ1n) is 9.83. The lowest BCUT2D eigenvalue weighted by Crippen LogP contribution is -2.35. The van der Waals surface area contributed by atoms with Gasteiger partial charge in [0.15, 0.2) is 0 Å². The monoisotopic (exact) mass is 359 g/mol. The molecule has 3 atom stereocenters. The second kappa shape index (κ2) is 6.39. The van der Waals surface area contributed by atoms with Crippen LogP contribution in [-0.2, 0) is 12.1 Å².